The van der Waals surface area contributed by atoms with Gasteiger partial charge in [-0.25, -0.2) is 4.79 Å². The van der Waals surface area contributed by atoms with Gasteiger partial charge in [-0.15, -0.1) is 0 Å². The Bertz CT molecular complexity index is 964. The van der Waals surface area contributed by atoms with Gasteiger partial charge >= 0.3 is 5.97 Å². The van der Waals surface area contributed by atoms with Crippen LogP contribution in [0.15, 0.2) is 36.4 Å². The van der Waals surface area contributed by atoms with Gasteiger partial charge < -0.3 is 10.1 Å². The fourth-order valence-corrected chi connectivity index (χ4v) is 2.75. The average molecular weight is 352 g/mol. The smallest absolute Gasteiger partial charge is 0.337 e. The second kappa shape index (κ2) is 6.44. The third-order valence-electron chi connectivity index (χ3n) is 4.25. The highest BCUT2D eigenvalue weighted by Gasteiger charge is 2.33. The molecule has 0 fully saturated rings. The molecule has 0 aliphatic carbocycles. The van der Waals surface area contributed by atoms with Crippen molar-refractivity contribution in [1.29, 1.82) is 0 Å². The Labute approximate surface area is 149 Å². The molecule has 0 atom stereocenters. The van der Waals surface area contributed by atoms with Gasteiger partial charge in [-0.2, -0.15) is 0 Å². The quantitative estimate of drug-likeness (QED) is 0.676. The van der Waals surface area contributed by atoms with E-state index in [1.165, 1.54) is 32.4 Å². The lowest BCUT2D eigenvalue weighted by Gasteiger charge is -2.10. The van der Waals surface area contributed by atoms with Crippen LogP contribution >= 0.6 is 0 Å². The molecular weight excluding hydrogens is 336 g/mol. The minimum Gasteiger partial charge on any atom is -0.465 e. The number of hydrogen-bond acceptors (Lipinski definition) is 5. The molecule has 7 heteroatoms. The molecule has 0 unspecified atom stereocenters. The van der Waals surface area contributed by atoms with Crippen LogP contribution in [-0.2, 0) is 4.74 Å². The van der Waals surface area contributed by atoms with Gasteiger partial charge in [0.05, 0.1) is 23.8 Å². The molecule has 3 amide bonds. The molecule has 2 aromatic rings. The SMILES string of the molecule is COC(=O)c1ccc(NC(=O)c2ccc3c(c2)C(=O)N(C)C3=O)c(C)c1. The minimum absolute atomic E-state index is 0.211. The van der Waals surface area contributed by atoms with Gasteiger partial charge in [0.15, 0.2) is 0 Å². The van der Waals surface area contributed by atoms with E-state index in [4.69, 9.17) is 0 Å². The summed E-state index contributed by atoms with van der Waals surface area (Å²) < 4.78 is 4.66. The van der Waals surface area contributed by atoms with E-state index in [0.29, 0.717) is 16.8 Å². The standard InChI is InChI=1S/C19H16N2O5/c1-10-8-12(19(25)26-3)5-7-15(10)20-16(22)11-4-6-13-14(9-11)18(24)21(2)17(13)23/h4-9H,1-3H3,(H,20,22). The molecule has 0 saturated heterocycles. The molecule has 7 nitrogen and oxygen atoms in total. The van der Waals surface area contributed by atoms with Gasteiger partial charge in [-0.05, 0) is 48.9 Å². The lowest BCUT2D eigenvalue weighted by molar-refractivity contribution is 0.0599. The molecule has 0 radical (unpaired) electrons. The van der Waals surface area contributed by atoms with Crippen molar-refractivity contribution in [1.82, 2.24) is 4.90 Å². The topological polar surface area (TPSA) is 92.8 Å². The number of amides is 3. The number of rotatable bonds is 3. The van der Waals surface area contributed by atoms with Crippen LogP contribution in [0.1, 0.15) is 47.0 Å². The molecule has 0 bridgehead atoms. The summed E-state index contributed by atoms with van der Waals surface area (Å²) in [7, 11) is 2.70. The summed E-state index contributed by atoms with van der Waals surface area (Å²) in [6.07, 6.45) is 0. The zero-order chi connectivity index (χ0) is 19.0. The van der Waals surface area contributed by atoms with E-state index in [0.717, 1.165) is 4.90 Å². The van der Waals surface area contributed by atoms with Crippen molar-refractivity contribution < 1.29 is 23.9 Å². The molecule has 132 valence electrons. The Morgan fingerprint density at radius 2 is 1.62 bits per heavy atom. The monoisotopic (exact) mass is 352 g/mol. The maximum absolute atomic E-state index is 12.5. The van der Waals surface area contributed by atoms with Crippen LogP contribution in [0, 0.1) is 6.92 Å². The number of aryl methyl sites for hydroxylation is 1. The van der Waals surface area contributed by atoms with Gasteiger partial charge in [-0.3, -0.25) is 19.3 Å². The van der Waals surface area contributed by atoms with Crippen LogP contribution in [0.5, 0.6) is 0 Å². The molecule has 0 spiro atoms. The highest BCUT2D eigenvalue weighted by molar-refractivity contribution is 6.22. The van der Waals surface area contributed by atoms with E-state index < -0.39 is 17.8 Å². The lowest BCUT2D eigenvalue weighted by Crippen LogP contribution is -2.24. The molecule has 3 rings (SSSR count). The van der Waals surface area contributed by atoms with E-state index >= 15 is 0 Å². The van der Waals surface area contributed by atoms with E-state index in [9.17, 15) is 19.2 Å². The van der Waals surface area contributed by atoms with Crippen molar-refractivity contribution in [3.05, 3.63) is 64.2 Å². The first-order valence-corrected chi connectivity index (χ1v) is 7.80. The number of imide groups is 1. The second-order valence-electron chi connectivity index (χ2n) is 5.91. The van der Waals surface area contributed by atoms with Crippen LogP contribution in [0.4, 0.5) is 5.69 Å². The number of esters is 1. The summed E-state index contributed by atoms with van der Waals surface area (Å²) in [5.41, 5.74) is 2.36. The molecule has 1 heterocycles. The van der Waals surface area contributed by atoms with Crippen LogP contribution < -0.4 is 5.32 Å². The number of hydrogen-bond donors (Lipinski definition) is 1. The Morgan fingerprint density at radius 3 is 2.27 bits per heavy atom. The summed E-state index contributed by atoms with van der Waals surface area (Å²) in [5.74, 6) is -1.70. The molecule has 1 N–H and O–H groups in total. The van der Waals surface area contributed by atoms with Crippen molar-refractivity contribution in [3.8, 4) is 0 Å². The number of ether oxygens (including phenoxy) is 1. The zero-order valence-electron chi connectivity index (χ0n) is 14.5. The maximum Gasteiger partial charge on any atom is 0.337 e. The Balaban J connectivity index is 1.85. The summed E-state index contributed by atoms with van der Waals surface area (Å²) in [4.78, 5) is 49.0. The summed E-state index contributed by atoms with van der Waals surface area (Å²) in [5, 5.41) is 2.74. The minimum atomic E-state index is -0.461. The number of fused-ring (bicyclic) bond motifs is 1. The van der Waals surface area contributed by atoms with Gasteiger partial charge in [0.1, 0.15) is 0 Å². The maximum atomic E-state index is 12.5. The highest BCUT2D eigenvalue weighted by atomic mass is 16.5. The predicted octanol–water partition coefficient (Wildman–Crippen LogP) is 2.26. The number of carbonyl (C=O) groups is 4. The first kappa shape index (κ1) is 17.3. The van der Waals surface area contributed by atoms with E-state index in [2.05, 4.69) is 10.1 Å². The number of methoxy groups -OCH3 is 1. The fraction of sp³-hybridized carbons (Fsp3) is 0.158. The first-order chi connectivity index (χ1) is 12.3. The third kappa shape index (κ3) is 2.83. The van der Waals surface area contributed by atoms with Crippen molar-refractivity contribution >= 4 is 29.4 Å². The van der Waals surface area contributed by atoms with Crippen molar-refractivity contribution in [2.75, 3.05) is 19.5 Å². The predicted molar refractivity (Wildman–Crippen MR) is 93.3 cm³/mol. The normalized spacial score (nSPS) is 12.8. The van der Waals surface area contributed by atoms with E-state index in [1.807, 2.05) is 0 Å². The molecule has 0 saturated carbocycles. The van der Waals surface area contributed by atoms with Gasteiger partial charge in [-0.1, -0.05) is 0 Å². The van der Waals surface area contributed by atoms with Gasteiger partial charge in [0, 0.05) is 18.3 Å². The molecule has 1 aliphatic heterocycles. The third-order valence-corrected chi connectivity index (χ3v) is 4.25. The summed E-state index contributed by atoms with van der Waals surface area (Å²) in [6.45, 7) is 1.75. The summed E-state index contributed by atoms with van der Waals surface area (Å²) in [6, 6.07) is 9.15. The Kier molecular flexibility index (Phi) is 4.29. The average Bonchev–Trinajstić information content (AvgIpc) is 2.86. The second-order valence-corrected chi connectivity index (χ2v) is 5.91. The lowest BCUT2D eigenvalue weighted by atomic mass is 10.0. The largest absolute Gasteiger partial charge is 0.465 e. The van der Waals surface area contributed by atoms with Crippen molar-refractivity contribution in [2.24, 2.45) is 0 Å². The number of nitrogens with one attached hydrogen (secondary N) is 1. The van der Waals surface area contributed by atoms with Crippen LogP contribution in [-0.4, -0.2) is 42.7 Å². The first-order valence-electron chi connectivity index (χ1n) is 7.80. The van der Waals surface area contributed by atoms with Gasteiger partial charge in [0.25, 0.3) is 17.7 Å². The van der Waals surface area contributed by atoms with Crippen LogP contribution in [0.25, 0.3) is 0 Å². The van der Waals surface area contributed by atoms with Crippen LogP contribution in [0.3, 0.4) is 0 Å². The number of benzene rings is 2. The summed E-state index contributed by atoms with van der Waals surface area (Å²) >= 11 is 0. The number of anilines is 1. The fourth-order valence-electron chi connectivity index (χ4n) is 2.75. The molecule has 26 heavy (non-hydrogen) atoms. The van der Waals surface area contributed by atoms with Crippen molar-refractivity contribution in [2.45, 2.75) is 6.92 Å². The van der Waals surface area contributed by atoms with Crippen LogP contribution in [0.2, 0.25) is 0 Å². The zero-order valence-corrected chi connectivity index (χ0v) is 14.5. The highest BCUT2D eigenvalue weighted by Crippen LogP contribution is 2.24. The Morgan fingerprint density at radius 1 is 0.962 bits per heavy atom. The molecule has 1 aliphatic rings. The number of nitrogens with zero attached hydrogens (tertiary/aromatic N) is 1. The molecule has 2 aromatic carbocycles. The van der Waals surface area contributed by atoms with Crippen molar-refractivity contribution in [3.63, 3.8) is 0 Å². The van der Waals surface area contributed by atoms with E-state index in [1.54, 1.807) is 25.1 Å². The molecular formula is C19H16N2O5. The Hall–Kier alpha value is -3.48. The molecule has 0 aromatic heterocycles. The number of carbonyl (C=O) groups excluding carboxylic acids is 4. The van der Waals surface area contributed by atoms with Gasteiger partial charge in [0.2, 0.25) is 0 Å². The van der Waals surface area contributed by atoms with E-state index in [-0.39, 0.29) is 22.6 Å².